The van der Waals surface area contributed by atoms with E-state index in [0.717, 1.165) is 6.08 Å². The lowest BCUT2D eigenvalue weighted by molar-refractivity contribution is -0.111. The van der Waals surface area contributed by atoms with E-state index in [1.165, 1.54) is 19.4 Å². The molecule has 0 fully saturated rings. The fourth-order valence-corrected chi connectivity index (χ4v) is 4.91. The van der Waals surface area contributed by atoms with Gasteiger partial charge < -0.3 is 25.3 Å². The Morgan fingerprint density at radius 2 is 1.92 bits per heavy atom. The summed E-state index contributed by atoms with van der Waals surface area (Å²) >= 11 is 6.36. The van der Waals surface area contributed by atoms with Gasteiger partial charge >= 0.3 is 0 Å². The molecule has 0 spiro atoms. The number of para-hydroxylation sites is 1. The van der Waals surface area contributed by atoms with E-state index in [2.05, 4.69) is 37.5 Å². The number of halogens is 1. The van der Waals surface area contributed by atoms with Crippen molar-refractivity contribution in [2.75, 3.05) is 23.1 Å². The lowest BCUT2D eigenvalue weighted by Gasteiger charge is -2.18. The second-order valence-electron chi connectivity index (χ2n) is 8.46. The average molecular weight is 568 g/mol. The Kier molecular flexibility index (Phi) is 8.17. The van der Waals surface area contributed by atoms with Gasteiger partial charge in [0, 0.05) is 18.5 Å². The number of aromatic nitrogens is 4. The second kappa shape index (κ2) is 11.5. The van der Waals surface area contributed by atoms with E-state index < -0.39 is 21.0 Å². The molecule has 202 valence electrons. The maximum atomic E-state index is 12.9. The van der Waals surface area contributed by atoms with Gasteiger partial charge in [0.15, 0.2) is 15.7 Å². The van der Waals surface area contributed by atoms with Gasteiger partial charge in [0.2, 0.25) is 11.9 Å². The van der Waals surface area contributed by atoms with Gasteiger partial charge in [-0.2, -0.15) is 4.98 Å². The van der Waals surface area contributed by atoms with Gasteiger partial charge in [-0.25, -0.2) is 18.4 Å². The van der Waals surface area contributed by atoms with Gasteiger partial charge in [-0.3, -0.25) is 4.79 Å². The SMILES string of the molecule is C=CC(=O)Nc1cc(Nc2ncc(Cl)c(Nc3ccccc3S(=O)(=O)C(C)C)n2)c(OC)cc1-n1ccnc1. The quantitative estimate of drug-likeness (QED) is 0.223. The highest BCUT2D eigenvalue weighted by atomic mass is 35.5. The third kappa shape index (κ3) is 6.02. The molecule has 11 nitrogen and oxygen atoms in total. The molecule has 0 bridgehead atoms. The van der Waals surface area contributed by atoms with Crippen LogP contribution >= 0.6 is 11.6 Å². The number of nitrogens with zero attached hydrogens (tertiary/aromatic N) is 4. The summed E-state index contributed by atoms with van der Waals surface area (Å²) in [6.07, 6.45) is 7.46. The summed E-state index contributed by atoms with van der Waals surface area (Å²) in [4.78, 5) is 25.0. The third-order valence-electron chi connectivity index (χ3n) is 5.60. The normalized spacial score (nSPS) is 11.2. The van der Waals surface area contributed by atoms with Gasteiger partial charge in [0.1, 0.15) is 10.8 Å². The van der Waals surface area contributed by atoms with Crippen molar-refractivity contribution >= 4 is 56.2 Å². The lowest BCUT2D eigenvalue weighted by Crippen LogP contribution is -2.15. The number of hydrogen-bond acceptors (Lipinski definition) is 9. The van der Waals surface area contributed by atoms with Gasteiger partial charge in [-0.05, 0) is 38.1 Å². The first kappa shape index (κ1) is 27.6. The maximum absolute atomic E-state index is 12.9. The smallest absolute Gasteiger partial charge is 0.247 e. The molecule has 2 heterocycles. The van der Waals surface area contributed by atoms with Crippen molar-refractivity contribution in [2.45, 2.75) is 24.0 Å². The zero-order valence-corrected chi connectivity index (χ0v) is 22.9. The highest BCUT2D eigenvalue weighted by molar-refractivity contribution is 7.92. The number of carbonyl (C=O) groups excluding carboxylic acids is 1. The number of nitrogens with one attached hydrogen (secondary N) is 3. The monoisotopic (exact) mass is 567 g/mol. The van der Waals surface area contributed by atoms with Crippen molar-refractivity contribution in [3.8, 4) is 11.4 Å². The molecule has 4 aromatic rings. The molecule has 0 atom stereocenters. The number of sulfone groups is 1. The van der Waals surface area contributed by atoms with E-state index in [0.29, 0.717) is 28.5 Å². The summed E-state index contributed by atoms with van der Waals surface area (Å²) < 4.78 is 33.0. The van der Waals surface area contributed by atoms with Crippen molar-refractivity contribution < 1.29 is 17.9 Å². The molecular formula is C26H26ClN7O4S. The van der Waals surface area contributed by atoms with Crippen LogP contribution in [0.25, 0.3) is 5.69 Å². The van der Waals surface area contributed by atoms with Crippen LogP contribution in [-0.2, 0) is 14.6 Å². The Morgan fingerprint density at radius 3 is 2.59 bits per heavy atom. The van der Waals surface area contributed by atoms with Gasteiger partial charge in [0.25, 0.3) is 0 Å². The highest BCUT2D eigenvalue weighted by Gasteiger charge is 2.23. The Labute approximate surface area is 230 Å². The van der Waals surface area contributed by atoms with Crippen LogP contribution in [0.3, 0.4) is 0 Å². The zero-order valence-electron chi connectivity index (χ0n) is 21.3. The van der Waals surface area contributed by atoms with Crippen LogP contribution in [-0.4, -0.2) is 46.2 Å². The van der Waals surface area contributed by atoms with E-state index in [1.807, 2.05) is 0 Å². The molecular weight excluding hydrogens is 542 g/mol. The van der Waals surface area contributed by atoms with Crippen LogP contribution in [0, 0.1) is 0 Å². The summed E-state index contributed by atoms with van der Waals surface area (Å²) in [7, 11) is -2.08. The van der Waals surface area contributed by atoms with E-state index in [1.54, 1.807) is 67.5 Å². The maximum Gasteiger partial charge on any atom is 0.247 e. The first-order valence-electron chi connectivity index (χ1n) is 11.7. The number of amides is 1. The van der Waals surface area contributed by atoms with Crippen molar-refractivity contribution in [1.82, 2.24) is 19.5 Å². The summed E-state index contributed by atoms with van der Waals surface area (Å²) in [5.41, 5.74) is 1.82. The summed E-state index contributed by atoms with van der Waals surface area (Å²) in [6, 6.07) is 9.89. The predicted molar refractivity (Wildman–Crippen MR) is 151 cm³/mol. The zero-order chi connectivity index (χ0) is 28.2. The van der Waals surface area contributed by atoms with E-state index in [-0.39, 0.29) is 21.7 Å². The number of benzene rings is 2. The minimum absolute atomic E-state index is 0.128. The number of imidazole rings is 1. The van der Waals surface area contributed by atoms with Crippen LogP contribution in [0.4, 0.5) is 28.8 Å². The van der Waals surface area contributed by atoms with Gasteiger partial charge in [-0.1, -0.05) is 30.3 Å². The lowest BCUT2D eigenvalue weighted by atomic mass is 10.2. The highest BCUT2D eigenvalue weighted by Crippen LogP contribution is 2.36. The van der Waals surface area contributed by atoms with Crippen molar-refractivity contribution in [3.05, 3.63) is 79.0 Å². The molecule has 13 heteroatoms. The second-order valence-corrected chi connectivity index (χ2v) is 11.3. The third-order valence-corrected chi connectivity index (χ3v) is 8.09. The number of rotatable bonds is 10. The molecule has 1 amide bonds. The van der Waals surface area contributed by atoms with E-state index >= 15 is 0 Å². The molecule has 0 aliphatic rings. The largest absolute Gasteiger partial charge is 0.494 e. The van der Waals surface area contributed by atoms with Crippen LogP contribution in [0.2, 0.25) is 5.02 Å². The number of ether oxygens (including phenoxy) is 1. The number of anilines is 5. The fraction of sp³-hybridized carbons (Fsp3) is 0.154. The van der Waals surface area contributed by atoms with Crippen molar-refractivity contribution in [3.63, 3.8) is 0 Å². The number of carbonyl (C=O) groups is 1. The van der Waals surface area contributed by atoms with Crippen LogP contribution in [0.5, 0.6) is 5.75 Å². The molecule has 39 heavy (non-hydrogen) atoms. The summed E-state index contributed by atoms with van der Waals surface area (Å²) in [5.74, 6) is 0.351. The van der Waals surface area contributed by atoms with Gasteiger partial charge in [-0.15, -0.1) is 0 Å². The average Bonchev–Trinajstić information content (AvgIpc) is 3.45. The van der Waals surface area contributed by atoms with Crippen LogP contribution in [0.1, 0.15) is 13.8 Å². The van der Waals surface area contributed by atoms with E-state index in [9.17, 15) is 13.2 Å². The first-order chi connectivity index (χ1) is 18.6. The fourth-order valence-electron chi connectivity index (χ4n) is 3.57. The number of methoxy groups -OCH3 is 1. The minimum atomic E-state index is -3.58. The minimum Gasteiger partial charge on any atom is -0.494 e. The Bertz CT molecular complexity index is 1620. The van der Waals surface area contributed by atoms with Crippen LogP contribution in [0.15, 0.2) is 78.9 Å². The molecule has 0 saturated heterocycles. The standard InChI is InChI=1S/C26H26ClN7O4S/c1-5-24(35)30-19-12-20(22(38-4)13-21(19)34-11-10-28-15-34)32-26-29-14-17(27)25(33-26)31-18-8-6-7-9-23(18)39(36,37)16(2)3/h5-16H,1H2,2-4H3,(H,30,35)(H2,29,31,32,33). The van der Waals surface area contributed by atoms with Gasteiger partial charge in [0.05, 0.1) is 52.5 Å². The molecule has 0 aliphatic carbocycles. The van der Waals surface area contributed by atoms with E-state index in [4.69, 9.17) is 16.3 Å². The predicted octanol–water partition coefficient (Wildman–Crippen LogP) is 5.12. The van der Waals surface area contributed by atoms with Crippen molar-refractivity contribution in [1.29, 1.82) is 0 Å². The Hall–Kier alpha value is -4.42. The Morgan fingerprint density at radius 1 is 1.15 bits per heavy atom. The molecule has 3 N–H and O–H groups in total. The summed E-state index contributed by atoms with van der Waals surface area (Å²) in [6.45, 7) is 6.74. The number of hydrogen-bond donors (Lipinski definition) is 3. The first-order valence-corrected chi connectivity index (χ1v) is 13.6. The molecule has 4 rings (SSSR count). The molecule has 2 aromatic carbocycles. The van der Waals surface area contributed by atoms with Crippen molar-refractivity contribution in [2.24, 2.45) is 0 Å². The molecule has 0 unspecified atom stereocenters. The molecule has 0 aliphatic heterocycles. The summed E-state index contributed by atoms with van der Waals surface area (Å²) in [5, 5.41) is 8.43. The molecule has 0 saturated carbocycles. The Balaban J connectivity index is 1.72. The molecule has 2 aromatic heterocycles. The molecule has 0 radical (unpaired) electrons. The van der Waals surface area contributed by atoms with Crippen LogP contribution < -0.4 is 20.7 Å². The topological polar surface area (TPSA) is 140 Å².